The Morgan fingerprint density at radius 1 is 1.29 bits per heavy atom. The maximum absolute atomic E-state index is 12.5. The average Bonchev–Trinajstić information content (AvgIpc) is 2.82. The van der Waals surface area contributed by atoms with E-state index < -0.39 is 28.1 Å². The fourth-order valence-electron chi connectivity index (χ4n) is 2.43. The molecule has 2 N–H and O–H groups in total. The van der Waals surface area contributed by atoms with E-state index in [1.54, 1.807) is 12.1 Å². The minimum Gasteiger partial charge on any atom is -0.480 e. The number of nitrogens with zero attached hydrogens (tertiary/aromatic N) is 1. The van der Waals surface area contributed by atoms with Crippen molar-refractivity contribution in [2.24, 2.45) is 0 Å². The van der Waals surface area contributed by atoms with Crippen molar-refractivity contribution in [1.82, 2.24) is 4.31 Å². The lowest BCUT2D eigenvalue weighted by molar-refractivity contribution is -0.140. The van der Waals surface area contributed by atoms with Crippen molar-refractivity contribution in [3.8, 4) is 0 Å². The molecule has 0 spiro atoms. The maximum Gasteiger partial charge on any atom is 0.322 e. The summed E-state index contributed by atoms with van der Waals surface area (Å²) in [5, 5.41) is 18.7. The van der Waals surface area contributed by atoms with Gasteiger partial charge in [0.1, 0.15) is 6.04 Å². The molecule has 116 valence electrons. The Bertz CT molecular complexity index is 623. The first kappa shape index (κ1) is 15.9. The molecule has 0 amide bonds. The van der Waals surface area contributed by atoms with Gasteiger partial charge in [-0.05, 0) is 23.6 Å². The predicted octanol–water partition coefficient (Wildman–Crippen LogP) is 1.02. The lowest BCUT2D eigenvalue weighted by atomic mass is 10.0. The van der Waals surface area contributed by atoms with E-state index in [0.29, 0.717) is 0 Å². The lowest BCUT2D eigenvalue weighted by Gasteiger charge is -2.21. The smallest absolute Gasteiger partial charge is 0.322 e. The molecule has 2 rings (SSSR count). The summed E-state index contributed by atoms with van der Waals surface area (Å²) < 4.78 is 25.9. The molecule has 1 fully saturated rings. The number of rotatable bonds is 4. The number of sulfonamides is 1. The van der Waals surface area contributed by atoms with Gasteiger partial charge < -0.3 is 10.2 Å². The van der Waals surface area contributed by atoms with Gasteiger partial charge in [0.25, 0.3) is 0 Å². The topological polar surface area (TPSA) is 94.9 Å². The second-order valence-corrected chi connectivity index (χ2v) is 7.43. The van der Waals surface area contributed by atoms with E-state index in [1.807, 2.05) is 13.8 Å². The first-order valence-electron chi connectivity index (χ1n) is 6.76. The molecule has 21 heavy (non-hydrogen) atoms. The third kappa shape index (κ3) is 3.09. The van der Waals surface area contributed by atoms with Gasteiger partial charge in [0.2, 0.25) is 10.0 Å². The van der Waals surface area contributed by atoms with Crippen LogP contribution in [0.15, 0.2) is 29.2 Å². The molecule has 6 nitrogen and oxygen atoms in total. The molecule has 1 heterocycles. The Morgan fingerprint density at radius 2 is 1.86 bits per heavy atom. The van der Waals surface area contributed by atoms with Crippen LogP contribution in [0.5, 0.6) is 0 Å². The van der Waals surface area contributed by atoms with Crippen molar-refractivity contribution in [3.05, 3.63) is 29.8 Å². The summed E-state index contributed by atoms with van der Waals surface area (Å²) in [6.45, 7) is 3.81. The van der Waals surface area contributed by atoms with E-state index in [-0.39, 0.29) is 23.8 Å². The zero-order valence-corrected chi connectivity index (χ0v) is 12.7. The standard InChI is InChI=1S/C14H19NO5S/c1-9(2)10-3-5-12(6-4-10)21(19,20)15-8-11(16)7-13(15)14(17)18/h3-6,9,11,13,16H,7-8H2,1-2H3,(H,17,18)/t11-,13-/m1/s1. The fourth-order valence-corrected chi connectivity index (χ4v) is 4.06. The van der Waals surface area contributed by atoms with Crippen LogP contribution in [0.25, 0.3) is 0 Å². The van der Waals surface area contributed by atoms with Crippen molar-refractivity contribution in [2.45, 2.75) is 43.2 Å². The number of aliphatic hydroxyl groups is 1. The SMILES string of the molecule is CC(C)c1ccc(S(=O)(=O)N2C[C@H](O)C[C@@H]2C(=O)O)cc1. The Balaban J connectivity index is 2.35. The summed E-state index contributed by atoms with van der Waals surface area (Å²) in [5.74, 6) is -0.962. The summed E-state index contributed by atoms with van der Waals surface area (Å²) in [5.41, 5.74) is 1.00. The summed E-state index contributed by atoms with van der Waals surface area (Å²) in [6, 6.07) is 5.19. The highest BCUT2D eigenvalue weighted by atomic mass is 32.2. The van der Waals surface area contributed by atoms with Crippen molar-refractivity contribution in [2.75, 3.05) is 6.54 Å². The highest BCUT2D eigenvalue weighted by Crippen LogP contribution is 2.27. The molecule has 1 aliphatic rings. The number of β-amino-alcohol motifs (C(OH)–C–C–N with tert-alkyl or cyclic N) is 1. The quantitative estimate of drug-likeness (QED) is 0.865. The van der Waals surface area contributed by atoms with Gasteiger partial charge in [0, 0.05) is 13.0 Å². The zero-order valence-electron chi connectivity index (χ0n) is 11.9. The molecule has 0 aliphatic carbocycles. The Morgan fingerprint density at radius 3 is 2.33 bits per heavy atom. The van der Waals surface area contributed by atoms with Gasteiger partial charge in [-0.3, -0.25) is 4.79 Å². The van der Waals surface area contributed by atoms with E-state index in [2.05, 4.69) is 0 Å². The first-order chi connectivity index (χ1) is 9.73. The summed E-state index contributed by atoms with van der Waals surface area (Å²) in [7, 11) is -3.92. The molecule has 1 aliphatic heterocycles. The molecule has 1 saturated heterocycles. The summed E-state index contributed by atoms with van der Waals surface area (Å²) in [6.07, 6.45) is -1.03. The van der Waals surface area contributed by atoms with Crippen LogP contribution in [0.4, 0.5) is 0 Å². The minimum absolute atomic E-state index is 0.0484. The molecule has 2 atom stereocenters. The summed E-state index contributed by atoms with van der Waals surface area (Å²) in [4.78, 5) is 11.2. The van der Waals surface area contributed by atoms with E-state index in [0.717, 1.165) is 9.87 Å². The first-order valence-corrected chi connectivity index (χ1v) is 8.20. The number of benzene rings is 1. The number of aliphatic hydroxyl groups excluding tert-OH is 1. The molecule has 0 aromatic heterocycles. The lowest BCUT2D eigenvalue weighted by Crippen LogP contribution is -2.40. The number of carbonyl (C=O) groups is 1. The number of aliphatic carboxylic acids is 1. The van der Waals surface area contributed by atoms with E-state index in [9.17, 15) is 18.3 Å². The van der Waals surface area contributed by atoms with Gasteiger partial charge >= 0.3 is 5.97 Å². The third-order valence-corrected chi connectivity index (χ3v) is 5.56. The Hall–Kier alpha value is -1.44. The molecule has 7 heteroatoms. The number of carboxylic acids is 1. The van der Waals surface area contributed by atoms with Gasteiger partial charge in [0.05, 0.1) is 11.0 Å². The van der Waals surface area contributed by atoms with Crippen molar-refractivity contribution in [3.63, 3.8) is 0 Å². The van der Waals surface area contributed by atoms with Crippen LogP contribution >= 0.6 is 0 Å². The van der Waals surface area contributed by atoms with E-state index in [4.69, 9.17) is 5.11 Å². The van der Waals surface area contributed by atoms with Gasteiger partial charge in [-0.2, -0.15) is 4.31 Å². The average molecular weight is 313 g/mol. The molecule has 0 saturated carbocycles. The predicted molar refractivity (Wildman–Crippen MR) is 76.5 cm³/mol. The van der Waals surface area contributed by atoms with Crippen LogP contribution in [0, 0.1) is 0 Å². The Labute approximate surface area is 124 Å². The maximum atomic E-state index is 12.5. The van der Waals surface area contributed by atoms with Gasteiger partial charge in [-0.1, -0.05) is 26.0 Å². The van der Waals surface area contributed by atoms with Gasteiger partial charge in [0.15, 0.2) is 0 Å². The molecular weight excluding hydrogens is 294 g/mol. The fraction of sp³-hybridized carbons (Fsp3) is 0.500. The van der Waals surface area contributed by atoms with Crippen LogP contribution in [0.3, 0.4) is 0 Å². The van der Waals surface area contributed by atoms with Crippen LogP contribution in [-0.4, -0.2) is 47.6 Å². The highest BCUT2D eigenvalue weighted by Gasteiger charge is 2.43. The van der Waals surface area contributed by atoms with Crippen molar-refractivity contribution < 1.29 is 23.4 Å². The molecule has 0 radical (unpaired) electrons. The summed E-state index contributed by atoms with van der Waals surface area (Å²) >= 11 is 0. The largest absolute Gasteiger partial charge is 0.480 e. The van der Waals surface area contributed by atoms with Gasteiger partial charge in [-0.15, -0.1) is 0 Å². The second-order valence-electron chi connectivity index (χ2n) is 5.54. The molecule has 1 aromatic rings. The van der Waals surface area contributed by atoms with Crippen LogP contribution < -0.4 is 0 Å². The third-order valence-electron chi connectivity index (χ3n) is 3.67. The van der Waals surface area contributed by atoms with Crippen LogP contribution in [-0.2, 0) is 14.8 Å². The molecule has 0 unspecified atom stereocenters. The minimum atomic E-state index is -3.92. The van der Waals surface area contributed by atoms with Gasteiger partial charge in [-0.25, -0.2) is 8.42 Å². The monoisotopic (exact) mass is 313 g/mol. The zero-order chi connectivity index (χ0) is 15.8. The number of carboxylic acid groups (broad SMARTS) is 1. The van der Waals surface area contributed by atoms with Crippen LogP contribution in [0.2, 0.25) is 0 Å². The van der Waals surface area contributed by atoms with Crippen molar-refractivity contribution in [1.29, 1.82) is 0 Å². The van der Waals surface area contributed by atoms with Crippen molar-refractivity contribution >= 4 is 16.0 Å². The normalized spacial score (nSPS) is 23.6. The Kier molecular flexibility index (Phi) is 4.36. The molecular formula is C14H19NO5S. The molecule has 0 bridgehead atoms. The highest BCUT2D eigenvalue weighted by molar-refractivity contribution is 7.89. The second kappa shape index (κ2) is 5.75. The number of hydrogen-bond acceptors (Lipinski definition) is 4. The van der Waals surface area contributed by atoms with E-state index >= 15 is 0 Å². The van der Waals surface area contributed by atoms with Crippen LogP contribution in [0.1, 0.15) is 31.7 Å². The van der Waals surface area contributed by atoms with E-state index in [1.165, 1.54) is 12.1 Å². The number of hydrogen-bond donors (Lipinski definition) is 2. The molecule has 1 aromatic carbocycles.